The molecule has 150 valence electrons. The molecule has 3 aromatic rings. The van der Waals surface area contributed by atoms with Crippen LogP contribution in [0.4, 0.5) is 0 Å². The van der Waals surface area contributed by atoms with Gasteiger partial charge in [0.15, 0.2) is 11.5 Å². The van der Waals surface area contributed by atoms with Crippen LogP contribution in [0.15, 0.2) is 59.2 Å². The summed E-state index contributed by atoms with van der Waals surface area (Å²) in [7, 11) is 4.59. The monoisotopic (exact) mass is 395 g/mol. The second kappa shape index (κ2) is 9.45. The van der Waals surface area contributed by atoms with Crippen LogP contribution < -0.4 is 14.2 Å². The van der Waals surface area contributed by atoms with E-state index in [9.17, 15) is 4.79 Å². The van der Waals surface area contributed by atoms with Crippen molar-refractivity contribution in [2.75, 3.05) is 21.3 Å². The summed E-state index contributed by atoms with van der Waals surface area (Å²) in [6.07, 6.45) is 4.39. The van der Waals surface area contributed by atoms with Crippen LogP contribution in [0.25, 0.3) is 17.5 Å². The fraction of sp³-hybridized carbons (Fsp3) is 0.182. The number of oxazole rings is 1. The molecule has 0 N–H and O–H groups in total. The summed E-state index contributed by atoms with van der Waals surface area (Å²) in [5, 5.41) is 0. The van der Waals surface area contributed by atoms with E-state index in [1.807, 2.05) is 30.3 Å². The molecule has 0 aliphatic heterocycles. The normalized spacial score (nSPS) is 10.7. The Bertz CT molecular complexity index is 969. The molecule has 0 aliphatic rings. The van der Waals surface area contributed by atoms with Gasteiger partial charge in [-0.15, -0.1) is 0 Å². The van der Waals surface area contributed by atoms with Crippen molar-refractivity contribution in [1.29, 1.82) is 0 Å². The summed E-state index contributed by atoms with van der Waals surface area (Å²) in [6, 6.07) is 12.9. The molecule has 0 aliphatic carbocycles. The number of aromatic nitrogens is 1. The molecule has 0 saturated carbocycles. The molecule has 1 heterocycles. The summed E-state index contributed by atoms with van der Waals surface area (Å²) < 4.78 is 26.5. The molecule has 1 aromatic heterocycles. The quantitative estimate of drug-likeness (QED) is 0.419. The highest BCUT2D eigenvalue weighted by Gasteiger charge is 2.12. The van der Waals surface area contributed by atoms with Gasteiger partial charge in [-0.05, 0) is 35.9 Å². The third kappa shape index (κ3) is 4.95. The van der Waals surface area contributed by atoms with E-state index in [4.69, 9.17) is 23.4 Å². The zero-order valence-corrected chi connectivity index (χ0v) is 16.4. The lowest BCUT2D eigenvalue weighted by Crippen LogP contribution is -2.01. The van der Waals surface area contributed by atoms with Gasteiger partial charge in [0.1, 0.15) is 18.6 Å². The van der Waals surface area contributed by atoms with Crippen LogP contribution in [0.5, 0.6) is 17.2 Å². The van der Waals surface area contributed by atoms with Crippen molar-refractivity contribution in [3.8, 4) is 28.7 Å². The number of nitrogens with zero attached hydrogens (tertiary/aromatic N) is 1. The summed E-state index contributed by atoms with van der Waals surface area (Å²) in [5.74, 6) is 1.44. The largest absolute Gasteiger partial charge is 0.493 e. The molecule has 3 rings (SSSR count). The van der Waals surface area contributed by atoms with Gasteiger partial charge in [-0.25, -0.2) is 9.78 Å². The maximum atomic E-state index is 12.0. The van der Waals surface area contributed by atoms with E-state index in [0.717, 1.165) is 5.56 Å². The van der Waals surface area contributed by atoms with Gasteiger partial charge in [-0.3, -0.25) is 0 Å². The molecule has 0 atom stereocenters. The van der Waals surface area contributed by atoms with Gasteiger partial charge in [-0.1, -0.05) is 18.2 Å². The molecular weight excluding hydrogens is 374 g/mol. The smallest absolute Gasteiger partial charge is 0.331 e. The van der Waals surface area contributed by atoms with Crippen molar-refractivity contribution in [2.45, 2.75) is 6.61 Å². The van der Waals surface area contributed by atoms with Crippen LogP contribution in [0.1, 0.15) is 11.3 Å². The number of ether oxygens (including phenoxy) is 4. The van der Waals surface area contributed by atoms with Crippen LogP contribution >= 0.6 is 0 Å². The van der Waals surface area contributed by atoms with Crippen LogP contribution in [-0.4, -0.2) is 32.3 Å². The van der Waals surface area contributed by atoms with Crippen molar-refractivity contribution >= 4 is 12.0 Å². The van der Waals surface area contributed by atoms with Crippen LogP contribution in [0.2, 0.25) is 0 Å². The van der Waals surface area contributed by atoms with E-state index in [0.29, 0.717) is 34.4 Å². The number of esters is 1. The first-order valence-electron chi connectivity index (χ1n) is 8.79. The first-order valence-corrected chi connectivity index (χ1v) is 8.79. The summed E-state index contributed by atoms with van der Waals surface area (Å²) >= 11 is 0. The molecule has 2 aromatic carbocycles. The van der Waals surface area contributed by atoms with Crippen molar-refractivity contribution in [1.82, 2.24) is 4.98 Å². The molecule has 0 saturated heterocycles. The van der Waals surface area contributed by atoms with Gasteiger partial charge in [-0.2, -0.15) is 0 Å². The Kier molecular flexibility index (Phi) is 6.52. The standard InChI is InChI=1S/C22H21NO6/c1-25-18-11-15(12-19(26-2)21(18)27-3)9-10-20(24)28-13-17-14-29-22(23-17)16-7-5-4-6-8-16/h4-12,14H,13H2,1-3H3/b10-9+. The lowest BCUT2D eigenvalue weighted by Gasteiger charge is -2.12. The molecule has 29 heavy (non-hydrogen) atoms. The van der Waals surface area contributed by atoms with E-state index < -0.39 is 5.97 Å². The average molecular weight is 395 g/mol. The highest BCUT2D eigenvalue weighted by atomic mass is 16.5. The van der Waals surface area contributed by atoms with Gasteiger partial charge in [0, 0.05) is 11.6 Å². The Morgan fingerprint density at radius 2 is 1.72 bits per heavy atom. The molecule has 0 radical (unpaired) electrons. The molecule has 0 unspecified atom stereocenters. The Morgan fingerprint density at radius 3 is 2.34 bits per heavy atom. The zero-order chi connectivity index (χ0) is 20.6. The molecule has 7 heteroatoms. The number of hydrogen-bond donors (Lipinski definition) is 0. The number of carbonyl (C=O) groups excluding carboxylic acids is 1. The Morgan fingerprint density at radius 1 is 1.03 bits per heavy atom. The lowest BCUT2D eigenvalue weighted by atomic mass is 10.1. The molecule has 7 nitrogen and oxygen atoms in total. The minimum absolute atomic E-state index is 0.00869. The van der Waals surface area contributed by atoms with Gasteiger partial charge < -0.3 is 23.4 Å². The van der Waals surface area contributed by atoms with E-state index in [2.05, 4.69) is 4.98 Å². The van der Waals surface area contributed by atoms with Crippen molar-refractivity contribution < 1.29 is 28.2 Å². The van der Waals surface area contributed by atoms with Crippen LogP contribution in [0.3, 0.4) is 0 Å². The van der Waals surface area contributed by atoms with Crippen molar-refractivity contribution in [2.24, 2.45) is 0 Å². The third-order valence-corrected chi connectivity index (χ3v) is 4.03. The van der Waals surface area contributed by atoms with Gasteiger partial charge in [0.2, 0.25) is 11.6 Å². The fourth-order valence-electron chi connectivity index (χ4n) is 2.64. The molecule has 0 fully saturated rings. The summed E-state index contributed by atoms with van der Waals surface area (Å²) in [5.41, 5.74) is 2.08. The Labute approximate surface area is 168 Å². The predicted molar refractivity (Wildman–Crippen MR) is 107 cm³/mol. The summed E-state index contributed by atoms with van der Waals surface area (Å²) in [6.45, 7) is 0.00869. The third-order valence-electron chi connectivity index (χ3n) is 4.03. The number of carbonyl (C=O) groups is 1. The minimum Gasteiger partial charge on any atom is -0.493 e. The number of rotatable bonds is 8. The average Bonchev–Trinajstić information content (AvgIpc) is 3.25. The topological polar surface area (TPSA) is 80.0 Å². The van der Waals surface area contributed by atoms with E-state index >= 15 is 0 Å². The summed E-state index contributed by atoms with van der Waals surface area (Å²) in [4.78, 5) is 16.4. The SMILES string of the molecule is COc1cc(/C=C/C(=O)OCc2coc(-c3ccccc3)n2)cc(OC)c1OC. The van der Waals surface area contributed by atoms with Gasteiger partial charge in [0.05, 0.1) is 21.3 Å². The second-order valence-electron chi connectivity index (χ2n) is 5.91. The van der Waals surface area contributed by atoms with Gasteiger partial charge >= 0.3 is 5.97 Å². The van der Waals surface area contributed by atoms with Crippen LogP contribution in [-0.2, 0) is 16.1 Å². The lowest BCUT2D eigenvalue weighted by molar-refractivity contribution is -0.139. The predicted octanol–water partition coefficient (Wildman–Crippen LogP) is 4.12. The Hall–Kier alpha value is -3.74. The minimum atomic E-state index is -0.511. The first kappa shape index (κ1) is 20.0. The van der Waals surface area contributed by atoms with Crippen molar-refractivity contribution in [3.05, 3.63) is 66.1 Å². The van der Waals surface area contributed by atoms with E-state index in [1.165, 1.54) is 33.7 Å². The van der Waals surface area contributed by atoms with Gasteiger partial charge in [0.25, 0.3) is 0 Å². The zero-order valence-electron chi connectivity index (χ0n) is 16.4. The van der Waals surface area contributed by atoms with Crippen molar-refractivity contribution in [3.63, 3.8) is 0 Å². The molecule has 0 amide bonds. The highest BCUT2D eigenvalue weighted by molar-refractivity contribution is 5.87. The fourth-order valence-corrected chi connectivity index (χ4v) is 2.64. The molecule has 0 spiro atoms. The van der Waals surface area contributed by atoms with E-state index in [1.54, 1.807) is 18.2 Å². The highest BCUT2D eigenvalue weighted by Crippen LogP contribution is 2.38. The van der Waals surface area contributed by atoms with E-state index in [-0.39, 0.29) is 6.61 Å². The maximum absolute atomic E-state index is 12.0. The maximum Gasteiger partial charge on any atom is 0.331 e. The number of benzene rings is 2. The number of methoxy groups -OCH3 is 3. The van der Waals surface area contributed by atoms with Crippen LogP contribution in [0, 0.1) is 0 Å². The number of hydrogen-bond acceptors (Lipinski definition) is 7. The molecule has 0 bridgehead atoms. The molecular formula is C22H21NO6. The second-order valence-corrected chi connectivity index (χ2v) is 5.91. The Balaban J connectivity index is 1.62. The first-order chi connectivity index (χ1) is 14.1.